The third kappa shape index (κ3) is 7.80. The summed E-state index contributed by atoms with van der Waals surface area (Å²) in [6.07, 6.45) is 10.2. The molecular formula is C11H18N2O2. The summed E-state index contributed by atoms with van der Waals surface area (Å²) >= 11 is 0. The van der Waals surface area contributed by atoms with Crippen molar-refractivity contribution in [2.75, 3.05) is 0 Å². The maximum Gasteiger partial charge on any atom is 0.235 e. The third-order valence-corrected chi connectivity index (χ3v) is 2.67. The van der Waals surface area contributed by atoms with Gasteiger partial charge in [-0.2, -0.15) is 0 Å². The molecule has 1 N–H and O–H groups in total. The molecule has 0 radical (unpaired) electrons. The van der Waals surface area contributed by atoms with Crippen LogP contribution >= 0.6 is 0 Å². The van der Waals surface area contributed by atoms with Gasteiger partial charge in [-0.3, -0.25) is 0 Å². The molecule has 0 aromatic heterocycles. The number of nitrogens with one attached hydrogen (secondary N) is 1. The average molecular weight is 210 g/mol. The second-order valence-electron chi connectivity index (χ2n) is 3.91. The van der Waals surface area contributed by atoms with Gasteiger partial charge in [0.1, 0.15) is 0 Å². The Bertz CT molecular complexity index is 235. The molecule has 0 aliphatic heterocycles. The fraction of sp³-hybridized carbons (Fsp3) is 0.818. The Kier molecular flexibility index (Phi) is 8.55. The largest absolute Gasteiger partial charge is 0.235 e. The standard InChI is InChI=1S/C10H17NO.CHNO/c1-9(11-8-12)7-10-5-3-2-4-6-10;2-1-3/h9-10H,2-7H2,1H3;2H. The molecule has 0 heterocycles. The quantitative estimate of drug-likeness (QED) is 0.574. The maximum absolute atomic E-state index is 9.97. The van der Waals surface area contributed by atoms with Crippen LogP contribution in [0.5, 0.6) is 0 Å². The molecule has 0 amide bonds. The molecule has 1 aliphatic carbocycles. The zero-order valence-electron chi connectivity index (χ0n) is 9.16. The zero-order chi connectivity index (χ0) is 11.5. The molecule has 0 saturated heterocycles. The van der Waals surface area contributed by atoms with Gasteiger partial charge in [-0.25, -0.2) is 20.0 Å². The molecule has 15 heavy (non-hydrogen) atoms. The summed E-state index contributed by atoms with van der Waals surface area (Å²) < 4.78 is 0. The first-order chi connectivity index (χ1) is 7.24. The average Bonchev–Trinajstić information content (AvgIpc) is 2.20. The molecule has 0 aromatic carbocycles. The van der Waals surface area contributed by atoms with Gasteiger partial charge in [0.25, 0.3) is 0 Å². The van der Waals surface area contributed by atoms with E-state index in [0.29, 0.717) is 0 Å². The van der Waals surface area contributed by atoms with Crippen molar-refractivity contribution in [3.63, 3.8) is 0 Å². The fourth-order valence-electron chi connectivity index (χ4n) is 2.05. The van der Waals surface area contributed by atoms with Crippen LogP contribution in [0.1, 0.15) is 45.4 Å². The molecule has 0 spiro atoms. The van der Waals surface area contributed by atoms with E-state index in [-0.39, 0.29) is 6.04 Å². The zero-order valence-corrected chi connectivity index (χ0v) is 9.16. The minimum absolute atomic E-state index is 0.186. The van der Waals surface area contributed by atoms with E-state index in [1.165, 1.54) is 32.1 Å². The molecule has 0 aromatic rings. The van der Waals surface area contributed by atoms with Crippen molar-refractivity contribution in [3.05, 3.63) is 0 Å². The molecule has 0 bridgehead atoms. The Morgan fingerprint density at radius 1 is 1.33 bits per heavy atom. The van der Waals surface area contributed by atoms with Crippen molar-refractivity contribution in [1.29, 1.82) is 5.41 Å². The molecule has 1 atom stereocenters. The summed E-state index contributed by atoms with van der Waals surface area (Å²) in [5.74, 6) is 0.811. The van der Waals surface area contributed by atoms with Gasteiger partial charge in [0.2, 0.25) is 12.2 Å². The normalized spacial score (nSPS) is 17.7. The smallest absolute Gasteiger partial charge is 0.222 e. The van der Waals surface area contributed by atoms with Gasteiger partial charge in [-0.15, -0.1) is 0 Å². The van der Waals surface area contributed by atoms with Crippen molar-refractivity contribution in [2.45, 2.75) is 51.5 Å². The van der Waals surface area contributed by atoms with Crippen LogP contribution in [0.15, 0.2) is 4.99 Å². The lowest BCUT2D eigenvalue weighted by atomic mass is 9.85. The second kappa shape index (κ2) is 9.32. The molecule has 1 aliphatic rings. The Balaban J connectivity index is 0.000000583. The molecule has 1 unspecified atom stereocenters. The summed E-state index contributed by atoms with van der Waals surface area (Å²) in [6.45, 7) is 2.00. The van der Waals surface area contributed by atoms with Crippen molar-refractivity contribution in [3.8, 4) is 0 Å². The summed E-state index contributed by atoms with van der Waals surface area (Å²) in [5, 5.41) is 5.40. The number of hydrogen-bond acceptors (Lipinski definition) is 4. The SMILES string of the molecule is CC(CC1CCCCC1)N=C=O.N=C=O. The predicted octanol–water partition coefficient (Wildman–Crippen LogP) is 2.58. The third-order valence-electron chi connectivity index (χ3n) is 2.67. The van der Waals surface area contributed by atoms with Crippen LogP contribution in [-0.4, -0.2) is 18.2 Å². The lowest BCUT2D eigenvalue weighted by Gasteiger charge is -2.22. The number of isocyanates is 2. The number of nitrogens with zero attached hydrogens (tertiary/aromatic N) is 1. The van der Waals surface area contributed by atoms with E-state index in [1.807, 2.05) is 6.92 Å². The first-order valence-corrected chi connectivity index (χ1v) is 5.35. The maximum atomic E-state index is 9.97. The van der Waals surface area contributed by atoms with E-state index in [1.54, 1.807) is 6.08 Å². The summed E-state index contributed by atoms with van der Waals surface area (Å²) in [7, 11) is 0. The first kappa shape index (κ1) is 13.8. The van der Waals surface area contributed by atoms with E-state index in [9.17, 15) is 4.79 Å². The highest BCUT2D eigenvalue weighted by molar-refractivity contribution is 5.33. The molecule has 84 valence electrons. The van der Waals surface area contributed by atoms with Crippen LogP contribution in [0, 0.1) is 11.3 Å². The minimum atomic E-state index is 0.186. The number of aliphatic imine (C=N–C) groups is 1. The highest BCUT2D eigenvalue weighted by atomic mass is 16.1. The summed E-state index contributed by atoms with van der Waals surface area (Å²) in [4.78, 5) is 22.0. The molecule has 1 fully saturated rings. The molecule has 1 rings (SSSR count). The van der Waals surface area contributed by atoms with Gasteiger partial charge in [-0.1, -0.05) is 32.1 Å². The topological polar surface area (TPSA) is 70.3 Å². The number of carbonyl (C=O) groups excluding carboxylic acids is 2. The van der Waals surface area contributed by atoms with Crippen molar-refractivity contribution < 1.29 is 9.59 Å². The fourth-order valence-corrected chi connectivity index (χ4v) is 2.05. The lowest BCUT2D eigenvalue weighted by Crippen LogP contribution is -2.12. The van der Waals surface area contributed by atoms with E-state index in [0.717, 1.165) is 18.4 Å². The Morgan fingerprint density at radius 3 is 2.33 bits per heavy atom. The Morgan fingerprint density at radius 2 is 1.87 bits per heavy atom. The van der Waals surface area contributed by atoms with Crippen LogP contribution < -0.4 is 0 Å². The van der Waals surface area contributed by atoms with Gasteiger partial charge in [-0.05, 0) is 19.3 Å². The summed E-state index contributed by atoms with van der Waals surface area (Å²) in [6, 6.07) is 0.186. The van der Waals surface area contributed by atoms with E-state index in [2.05, 4.69) is 4.99 Å². The highest BCUT2D eigenvalue weighted by Gasteiger charge is 2.15. The monoisotopic (exact) mass is 210 g/mol. The van der Waals surface area contributed by atoms with Crippen LogP contribution in [0.25, 0.3) is 0 Å². The number of rotatable bonds is 3. The van der Waals surface area contributed by atoms with E-state index in [4.69, 9.17) is 10.2 Å². The van der Waals surface area contributed by atoms with Crippen LogP contribution in [0.2, 0.25) is 0 Å². The minimum Gasteiger partial charge on any atom is -0.222 e. The molecule has 4 nitrogen and oxygen atoms in total. The van der Waals surface area contributed by atoms with Gasteiger partial charge in [0.15, 0.2) is 0 Å². The Labute approximate surface area is 90.3 Å². The van der Waals surface area contributed by atoms with E-state index < -0.39 is 0 Å². The summed E-state index contributed by atoms with van der Waals surface area (Å²) in [5.41, 5.74) is 0. The number of hydrogen-bond donors (Lipinski definition) is 1. The van der Waals surface area contributed by atoms with Gasteiger partial charge >= 0.3 is 0 Å². The highest BCUT2D eigenvalue weighted by Crippen LogP contribution is 2.27. The predicted molar refractivity (Wildman–Crippen MR) is 57.2 cm³/mol. The van der Waals surface area contributed by atoms with Crippen LogP contribution in [0.4, 0.5) is 0 Å². The van der Waals surface area contributed by atoms with Crippen LogP contribution in [-0.2, 0) is 9.59 Å². The molecule has 4 heteroatoms. The van der Waals surface area contributed by atoms with E-state index >= 15 is 0 Å². The Hall–Kier alpha value is -1.24. The second-order valence-corrected chi connectivity index (χ2v) is 3.91. The lowest BCUT2D eigenvalue weighted by molar-refractivity contribution is 0.323. The van der Waals surface area contributed by atoms with Gasteiger partial charge < -0.3 is 0 Å². The first-order valence-electron chi connectivity index (χ1n) is 5.35. The van der Waals surface area contributed by atoms with Crippen molar-refractivity contribution >= 4 is 12.2 Å². The van der Waals surface area contributed by atoms with Crippen molar-refractivity contribution in [2.24, 2.45) is 10.9 Å². The van der Waals surface area contributed by atoms with Crippen LogP contribution in [0.3, 0.4) is 0 Å². The van der Waals surface area contributed by atoms with Gasteiger partial charge in [0, 0.05) is 0 Å². The van der Waals surface area contributed by atoms with Gasteiger partial charge in [0.05, 0.1) is 6.04 Å². The molecular weight excluding hydrogens is 192 g/mol. The molecule has 1 saturated carbocycles. The van der Waals surface area contributed by atoms with Crippen molar-refractivity contribution in [1.82, 2.24) is 0 Å².